The Bertz CT molecular complexity index is 1660. The van der Waals surface area contributed by atoms with Crippen molar-refractivity contribution in [1.29, 1.82) is 0 Å². The van der Waals surface area contributed by atoms with Crippen LogP contribution in [0.1, 0.15) is 59.0 Å². The number of rotatable bonds is 6. The zero-order chi connectivity index (χ0) is 33.5. The van der Waals surface area contributed by atoms with Crippen molar-refractivity contribution >= 4 is 29.7 Å². The van der Waals surface area contributed by atoms with E-state index in [0.29, 0.717) is 12.0 Å². The van der Waals surface area contributed by atoms with Crippen LogP contribution in [0.25, 0.3) is 6.08 Å². The van der Waals surface area contributed by atoms with Crippen LogP contribution in [-0.2, 0) is 20.9 Å². The summed E-state index contributed by atoms with van der Waals surface area (Å²) in [6.07, 6.45) is 3.18. The first-order valence-corrected chi connectivity index (χ1v) is 15.7. The number of carbonyl (C=O) groups excluding carboxylic acids is 4. The van der Waals surface area contributed by atoms with E-state index in [0.717, 1.165) is 5.56 Å². The highest BCUT2D eigenvalue weighted by Crippen LogP contribution is 2.28. The third-order valence-electron chi connectivity index (χ3n) is 7.72. The number of halogens is 1. The first kappa shape index (κ1) is 33.3. The minimum absolute atomic E-state index is 0.0183. The Morgan fingerprint density at radius 2 is 1.81 bits per heavy atom. The molecule has 0 radical (unpaired) electrons. The maximum Gasteiger partial charge on any atom is 0.254 e. The molecule has 0 aliphatic carbocycles. The summed E-state index contributed by atoms with van der Waals surface area (Å²) in [5.41, 5.74) is 1.66. The Hall–Kier alpha value is -5.03. The highest BCUT2D eigenvalue weighted by atomic mass is 19.1. The number of nitrogens with zero attached hydrogens (tertiary/aromatic N) is 2. The smallest absolute Gasteiger partial charge is 0.254 e. The van der Waals surface area contributed by atoms with Gasteiger partial charge in [0.25, 0.3) is 11.8 Å². The van der Waals surface area contributed by atoms with E-state index < -0.39 is 35.7 Å². The lowest BCUT2D eigenvalue weighted by Gasteiger charge is -2.25. The Balaban J connectivity index is 1.46. The van der Waals surface area contributed by atoms with Crippen molar-refractivity contribution < 1.29 is 33.0 Å². The highest BCUT2D eigenvalue weighted by Gasteiger charge is 2.37. The van der Waals surface area contributed by atoms with E-state index in [9.17, 15) is 23.6 Å². The number of ether oxygens (including phenoxy) is 2. The van der Waals surface area contributed by atoms with E-state index in [1.807, 2.05) is 51.1 Å². The molecule has 2 atom stereocenters. The number of likely N-dealkylation sites (tertiary alicyclic amines) is 1. The van der Waals surface area contributed by atoms with Crippen molar-refractivity contribution in [3.8, 4) is 11.5 Å². The third kappa shape index (κ3) is 8.82. The molecular weight excluding hydrogens is 603 g/mol. The van der Waals surface area contributed by atoms with Crippen LogP contribution < -0.4 is 15.4 Å². The quantitative estimate of drug-likeness (QED) is 0.382. The molecule has 2 aliphatic heterocycles. The van der Waals surface area contributed by atoms with Crippen LogP contribution in [0.4, 0.5) is 4.39 Å². The normalized spacial score (nSPS) is 18.6. The van der Waals surface area contributed by atoms with Crippen molar-refractivity contribution in [2.75, 3.05) is 26.2 Å². The molecule has 4 bridgehead atoms. The summed E-state index contributed by atoms with van der Waals surface area (Å²) in [4.78, 5) is 56.4. The molecule has 0 aromatic heterocycles. The monoisotopic (exact) mass is 642 g/mol. The van der Waals surface area contributed by atoms with Crippen LogP contribution in [0.3, 0.4) is 0 Å². The predicted molar refractivity (Wildman–Crippen MR) is 174 cm³/mol. The molecule has 10 nitrogen and oxygen atoms in total. The fourth-order valence-corrected chi connectivity index (χ4v) is 5.59. The van der Waals surface area contributed by atoms with Crippen LogP contribution in [0.2, 0.25) is 0 Å². The Kier molecular flexibility index (Phi) is 10.7. The van der Waals surface area contributed by atoms with Crippen molar-refractivity contribution in [3.05, 3.63) is 101 Å². The maximum absolute atomic E-state index is 14.8. The van der Waals surface area contributed by atoms with Gasteiger partial charge in [0.1, 0.15) is 17.3 Å². The predicted octanol–water partition coefficient (Wildman–Crippen LogP) is 4.55. The second kappa shape index (κ2) is 15.0. The summed E-state index contributed by atoms with van der Waals surface area (Å²) in [6, 6.07) is 17.2. The average molecular weight is 643 g/mol. The first-order chi connectivity index (χ1) is 22.6. The van der Waals surface area contributed by atoms with Gasteiger partial charge in [0.15, 0.2) is 0 Å². The minimum atomic E-state index is -0.598. The standard InChI is InChI=1S/C36H39FN4O6/c1-4-12-40-21-33(42)39-31-19-41(34(43)11-10-24-8-6-5-7-9-24)20-32(31)46-22-25-13-28(37)18-29(14-25)47-30-16-26(35(44)38-23(2)3)15-27(17-30)36(40)45/h5-11,13-18,23,31-32H,4,12,19-22H2,1-3H3,(H,38,44)(H,39,42)/b11-10+/t31-,32-/m1/s1. The van der Waals surface area contributed by atoms with Gasteiger partial charge in [-0.25, -0.2) is 4.39 Å². The summed E-state index contributed by atoms with van der Waals surface area (Å²) in [5.74, 6) is -1.81. The van der Waals surface area contributed by atoms with E-state index in [2.05, 4.69) is 10.6 Å². The molecule has 246 valence electrons. The van der Waals surface area contributed by atoms with Gasteiger partial charge in [-0.15, -0.1) is 0 Å². The summed E-state index contributed by atoms with van der Waals surface area (Å²) in [7, 11) is 0. The van der Waals surface area contributed by atoms with Crippen LogP contribution in [0.15, 0.2) is 72.8 Å². The van der Waals surface area contributed by atoms with Crippen LogP contribution >= 0.6 is 0 Å². The summed E-state index contributed by atoms with van der Waals surface area (Å²) in [6.45, 7) is 5.91. The SMILES string of the molecule is CCCN1CC(=O)N[C@@H]2CN(C(=O)/C=C/c3ccccc3)C[C@H]2OCc2cc(F)cc(c2)Oc2cc(C(=O)NC(C)C)cc(c2)C1=O. The fraction of sp³-hybridized carbons (Fsp3) is 0.333. The zero-order valence-electron chi connectivity index (χ0n) is 26.7. The van der Waals surface area contributed by atoms with E-state index in [1.54, 1.807) is 17.0 Å². The summed E-state index contributed by atoms with van der Waals surface area (Å²) in [5, 5.41) is 5.78. The second-order valence-corrected chi connectivity index (χ2v) is 12.0. The van der Waals surface area contributed by atoms with E-state index in [1.165, 1.54) is 41.3 Å². The van der Waals surface area contributed by atoms with Gasteiger partial charge >= 0.3 is 0 Å². The van der Waals surface area contributed by atoms with Gasteiger partial charge in [0.2, 0.25) is 11.8 Å². The number of carbonyl (C=O) groups is 4. The molecule has 1 saturated heterocycles. The number of fused-ring (bicyclic) bond motifs is 5. The van der Waals surface area contributed by atoms with Gasteiger partial charge in [0.05, 0.1) is 25.3 Å². The number of hydrogen-bond donors (Lipinski definition) is 2. The highest BCUT2D eigenvalue weighted by molar-refractivity contribution is 6.01. The minimum Gasteiger partial charge on any atom is -0.457 e. The lowest BCUT2D eigenvalue weighted by molar-refractivity contribution is -0.126. The van der Waals surface area contributed by atoms with Gasteiger partial charge in [-0.05, 0) is 67.8 Å². The average Bonchev–Trinajstić information content (AvgIpc) is 3.43. The lowest BCUT2D eigenvalue weighted by atomic mass is 10.1. The van der Waals surface area contributed by atoms with Gasteiger partial charge in [0, 0.05) is 48.9 Å². The molecule has 2 aliphatic rings. The zero-order valence-corrected chi connectivity index (χ0v) is 26.7. The van der Waals surface area contributed by atoms with Gasteiger partial charge in [-0.3, -0.25) is 19.2 Å². The number of amides is 4. The lowest BCUT2D eigenvalue weighted by Crippen LogP contribution is -2.49. The molecule has 47 heavy (non-hydrogen) atoms. The molecule has 0 spiro atoms. The van der Waals surface area contributed by atoms with Crippen LogP contribution in [0.5, 0.6) is 11.5 Å². The van der Waals surface area contributed by atoms with Gasteiger partial charge < -0.3 is 29.9 Å². The first-order valence-electron chi connectivity index (χ1n) is 15.7. The van der Waals surface area contributed by atoms with Gasteiger partial charge in [-0.2, -0.15) is 0 Å². The molecule has 1 fully saturated rings. The molecular formula is C36H39FN4O6. The Labute approximate surface area is 273 Å². The van der Waals surface area contributed by atoms with E-state index >= 15 is 0 Å². The molecule has 2 N–H and O–H groups in total. The third-order valence-corrected chi connectivity index (χ3v) is 7.72. The molecule has 4 amide bonds. The number of nitrogens with one attached hydrogen (secondary N) is 2. The van der Waals surface area contributed by atoms with E-state index in [-0.39, 0.29) is 67.4 Å². The Morgan fingerprint density at radius 3 is 2.55 bits per heavy atom. The van der Waals surface area contributed by atoms with Crippen molar-refractivity contribution in [2.24, 2.45) is 0 Å². The molecule has 3 aromatic rings. The maximum atomic E-state index is 14.8. The number of benzene rings is 3. The topological polar surface area (TPSA) is 117 Å². The number of hydrogen-bond acceptors (Lipinski definition) is 6. The van der Waals surface area contributed by atoms with Gasteiger partial charge in [-0.1, -0.05) is 37.3 Å². The van der Waals surface area contributed by atoms with Crippen molar-refractivity contribution in [3.63, 3.8) is 0 Å². The van der Waals surface area contributed by atoms with Crippen LogP contribution in [0, 0.1) is 5.82 Å². The van der Waals surface area contributed by atoms with E-state index in [4.69, 9.17) is 9.47 Å². The summed E-state index contributed by atoms with van der Waals surface area (Å²) >= 11 is 0. The molecule has 0 unspecified atom stereocenters. The van der Waals surface area contributed by atoms with Crippen molar-refractivity contribution in [2.45, 2.75) is 52.0 Å². The largest absolute Gasteiger partial charge is 0.457 e. The molecule has 3 aromatic carbocycles. The summed E-state index contributed by atoms with van der Waals surface area (Å²) < 4.78 is 27.0. The molecule has 2 heterocycles. The Morgan fingerprint density at radius 1 is 1.04 bits per heavy atom. The second-order valence-electron chi connectivity index (χ2n) is 12.0. The fourth-order valence-electron chi connectivity index (χ4n) is 5.59. The molecule has 11 heteroatoms. The molecule has 0 saturated carbocycles. The van der Waals surface area contributed by atoms with Crippen LogP contribution in [-0.4, -0.2) is 77.8 Å². The molecule has 5 rings (SSSR count). The van der Waals surface area contributed by atoms with Crippen molar-refractivity contribution in [1.82, 2.24) is 20.4 Å².